The Bertz CT molecular complexity index is 522. The summed E-state index contributed by atoms with van der Waals surface area (Å²) in [6.45, 7) is 3.45. The summed E-state index contributed by atoms with van der Waals surface area (Å²) >= 11 is 0. The molecule has 0 aromatic carbocycles. The molecule has 0 saturated carbocycles. The van der Waals surface area contributed by atoms with Crippen LogP contribution in [-0.2, 0) is 14.3 Å². The van der Waals surface area contributed by atoms with Gasteiger partial charge in [0.2, 0.25) is 0 Å². The van der Waals surface area contributed by atoms with Crippen molar-refractivity contribution < 1.29 is 25.8 Å². The van der Waals surface area contributed by atoms with Crippen molar-refractivity contribution in [2.45, 2.75) is 44.3 Å². The molecule has 4 nitrogen and oxygen atoms in total. The third kappa shape index (κ3) is 4.17. The molecule has 112 valence electrons. The van der Waals surface area contributed by atoms with Gasteiger partial charge < -0.3 is 4.18 Å². The van der Waals surface area contributed by atoms with E-state index in [1.54, 1.807) is 0 Å². The van der Waals surface area contributed by atoms with Gasteiger partial charge >= 0.3 is 15.6 Å². The molecular weight excluding hydrogens is 294 g/mol. The molecule has 0 aromatic heterocycles. The first-order chi connectivity index (χ1) is 9.06. The van der Waals surface area contributed by atoms with Gasteiger partial charge in [0.05, 0.1) is 0 Å². The van der Waals surface area contributed by atoms with Crippen LogP contribution in [0.3, 0.4) is 0 Å². The van der Waals surface area contributed by atoms with Crippen LogP contribution in [0.25, 0.3) is 0 Å². The number of allylic oxidation sites excluding steroid dienone is 2. The molecule has 0 radical (unpaired) electrons. The fourth-order valence-electron chi connectivity index (χ4n) is 1.99. The summed E-state index contributed by atoms with van der Waals surface area (Å²) in [6, 6.07) is 0. The maximum absolute atomic E-state index is 12.2. The first-order valence-corrected chi connectivity index (χ1v) is 7.58. The van der Waals surface area contributed by atoms with Crippen molar-refractivity contribution in [3.05, 3.63) is 11.8 Å². The molecule has 20 heavy (non-hydrogen) atoms. The second-order valence-electron chi connectivity index (χ2n) is 5.19. The minimum Gasteiger partial charge on any atom is -0.382 e. The van der Waals surface area contributed by atoms with Crippen molar-refractivity contribution in [2.24, 2.45) is 5.92 Å². The number of nitriles is 1. The highest BCUT2D eigenvalue weighted by Gasteiger charge is 2.49. The standard InChI is InChI=1S/C11H15BF3NO3S/c1-8(2)3-4-9-5-10(6-12(9)7-16)19-20(17,18)11(13,14)15/h5,8-9H,3-4,6H2,1-2H3. The molecule has 0 aromatic rings. The quantitative estimate of drug-likeness (QED) is 0.444. The van der Waals surface area contributed by atoms with E-state index in [1.807, 2.05) is 19.8 Å². The first-order valence-electron chi connectivity index (χ1n) is 6.18. The molecule has 1 atom stereocenters. The maximum Gasteiger partial charge on any atom is 0.534 e. The van der Waals surface area contributed by atoms with E-state index in [2.05, 4.69) is 4.18 Å². The first kappa shape index (κ1) is 16.9. The van der Waals surface area contributed by atoms with Crippen LogP contribution in [0, 0.1) is 17.1 Å². The van der Waals surface area contributed by atoms with E-state index in [-0.39, 0.29) is 17.9 Å². The second-order valence-corrected chi connectivity index (χ2v) is 6.73. The van der Waals surface area contributed by atoms with Gasteiger partial charge in [-0.15, -0.1) is 0 Å². The van der Waals surface area contributed by atoms with E-state index >= 15 is 0 Å². The van der Waals surface area contributed by atoms with Crippen molar-refractivity contribution in [1.29, 1.82) is 5.26 Å². The van der Waals surface area contributed by atoms with Crippen LogP contribution in [0.15, 0.2) is 11.8 Å². The van der Waals surface area contributed by atoms with Crippen LogP contribution in [0.1, 0.15) is 26.7 Å². The van der Waals surface area contributed by atoms with Crippen molar-refractivity contribution in [3.63, 3.8) is 0 Å². The average Bonchev–Trinajstić information content (AvgIpc) is 2.66. The van der Waals surface area contributed by atoms with E-state index in [4.69, 9.17) is 5.26 Å². The van der Waals surface area contributed by atoms with Crippen LogP contribution in [0.4, 0.5) is 13.2 Å². The molecular formula is C11H15BF3NO3S. The van der Waals surface area contributed by atoms with Gasteiger partial charge in [0, 0.05) is 12.3 Å². The monoisotopic (exact) mass is 309 g/mol. The highest BCUT2D eigenvalue weighted by Crippen LogP contribution is 2.37. The summed E-state index contributed by atoms with van der Waals surface area (Å²) in [5.41, 5.74) is -5.45. The predicted molar refractivity (Wildman–Crippen MR) is 68.1 cm³/mol. The average molecular weight is 309 g/mol. The van der Waals surface area contributed by atoms with Crippen molar-refractivity contribution >= 4 is 16.8 Å². The van der Waals surface area contributed by atoms with E-state index in [0.717, 1.165) is 6.42 Å². The van der Waals surface area contributed by atoms with E-state index in [1.165, 1.54) is 6.08 Å². The van der Waals surface area contributed by atoms with Crippen LogP contribution in [0.5, 0.6) is 0 Å². The number of hydrogen-bond donors (Lipinski definition) is 0. The van der Waals surface area contributed by atoms with Crippen LogP contribution >= 0.6 is 0 Å². The summed E-state index contributed by atoms with van der Waals surface area (Å²) in [5, 5.41) is 8.97. The molecule has 1 unspecified atom stereocenters. The van der Waals surface area contributed by atoms with Gasteiger partial charge in [0.1, 0.15) is 5.76 Å². The topological polar surface area (TPSA) is 67.2 Å². The Morgan fingerprint density at radius 3 is 2.60 bits per heavy atom. The van der Waals surface area contributed by atoms with Crippen LogP contribution in [0.2, 0.25) is 12.1 Å². The molecule has 0 fully saturated rings. The van der Waals surface area contributed by atoms with E-state index in [9.17, 15) is 21.6 Å². The van der Waals surface area contributed by atoms with Crippen molar-refractivity contribution in [2.75, 3.05) is 0 Å². The molecule has 0 N–H and O–H groups in total. The van der Waals surface area contributed by atoms with Gasteiger partial charge in [-0.05, 0) is 17.8 Å². The molecule has 1 heterocycles. The lowest BCUT2D eigenvalue weighted by molar-refractivity contribution is -0.0521. The zero-order valence-electron chi connectivity index (χ0n) is 11.1. The molecule has 0 saturated heterocycles. The number of hydrogen-bond acceptors (Lipinski definition) is 4. The zero-order chi connectivity index (χ0) is 15.6. The molecule has 1 rings (SSSR count). The summed E-state index contributed by atoms with van der Waals surface area (Å²) in [5.74, 6) is 1.83. The lowest BCUT2D eigenvalue weighted by atomic mass is 9.42. The van der Waals surface area contributed by atoms with Crippen LogP contribution in [-0.4, -0.2) is 20.6 Å². The molecule has 0 spiro atoms. The maximum atomic E-state index is 12.2. The minimum atomic E-state index is -5.65. The minimum absolute atomic E-state index is 0.103. The fourth-order valence-corrected chi connectivity index (χ4v) is 2.49. The van der Waals surface area contributed by atoms with Crippen molar-refractivity contribution in [3.8, 4) is 5.97 Å². The normalized spacial score (nSPS) is 19.9. The Kier molecular flexibility index (Phi) is 5.13. The Labute approximate surface area is 116 Å². The predicted octanol–water partition coefficient (Wildman–Crippen LogP) is 3.11. The Balaban J connectivity index is 2.78. The highest BCUT2D eigenvalue weighted by atomic mass is 32.2. The largest absolute Gasteiger partial charge is 0.534 e. The second kappa shape index (κ2) is 6.08. The van der Waals surface area contributed by atoms with Crippen molar-refractivity contribution in [1.82, 2.24) is 0 Å². The lowest BCUT2D eigenvalue weighted by Gasteiger charge is -2.10. The zero-order valence-corrected chi connectivity index (χ0v) is 12.0. The molecule has 0 amide bonds. The van der Waals surface area contributed by atoms with Crippen LogP contribution < -0.4 is 0 Å². The van der Waals surface area contributed by atoms with E-state index < -0.39 is 22.3 Å². The molecule has 0 aliphatic carbocycles. The number of alkyl halides is 3. The molecule has 0 bridgehead atoms. The summed E-state index contributed by atoms with van der Waals surface area (Å²) < 4.78 is 62.5. The number of nitrogens with zero attached hydrogens (tertiary/aromatic N) is 1. The smallest absolute Gasteiger partial charge is 0.382 e. The Hall–Kier alpha value is -1.17. The van der Waals surface area contributed by atoms with E-state index in [0.29, 0.717) is 12.3 Å². The number of halogens is 3. The van der Waals surface area contributed by atoms with Gasteiger partial charge in [0.15, 0.2) is 0 Å². The molecule has 9 heteroatoms. The third-order valence-corrected chi connectivity index (χ3v) is 4.08. The molecule has 1 aliphatic rings. The summed E-state index contributed by atoms with van der Waals surface area (Å²) in [4.78, 5) is 0. The van der Waals surface area contributed by atoms with Gasteiger partial charge in [-0.1, -0.05) is 26.7 Å². The van der Waals surface area contributed by atoms with Gasteiger partial charge in [-0.3, -0.25) is 0 Å². The molecule has 1 aliphatic heterocycles. The Morgan fingerprint density at radius 2 is 2.15 bits per heavy atom. The summed E-state index contributed by atoms with van der Waals surface area (Å²) in [6.07, 6.45) is 2.65. The SMILES string of the molecule is CC(C)CCC1C=C(OS(=O)(=O)C(F)(F)F)CB1C#N. The van der Waals surface area contributed by atoms with Gasteiger partial charge in [0.25, 0.3) is 6.71 Å². The fraction of sp³-hybridized carbons (Fsp3) is 0.727. The highest BCUT2D eigenvalue weighted by molar-refractivity contribution is 7.87. The Morgan fingerprint density at radius 1 is 1.55 bits per heavy atom. The third-order valence-electron chi connectivity index (χ3n) is 3.08. The van der Waals surface area contributed by atoms with Gasteiger partial charge in [-0.2, -0.15) is 21.6 Å². The summed E-state index contributed by atoms with van der Waals surface area (Å²) in [7, 11) is -5.65. The lowest BCUT2D eigenvalue weighted by Crippen LogP contribution is -2.25. The number of rotatable bonds is 5. The van der Waals surface area contributed by atoms with Gasteiger partial charge in [-0.25, -0.2) is 5.26 Å².